The molecule has 0 spiro atoms. The minimum absolute atomic E-state index is 0.622. The average Bonchev–Trinajstić information content (AvgIpc) is 2.65. The number of carbonyl (C=O) groups is 2. The van der Waals surface area contributed by atoms with Crippen LogP contribution in [0.5, 0.6) is 0 Å². The van der Waals surface area contributed by atoms with E-state index in [-0.39, 0.29) is 0 Å². The number of nitrogens with zero attached hydrogens (tertiary/aromatic N) is 1. The maximum atomic E-state index is 12.5. The third-order valence-electron chi connectivity index (χ3n) is 4.63. The van der Waals surface area contributed by atoms with Gasteiger partial charge in [0.15, 0.2) is 0 Å². The monoisotopic (exact) mass is 367 g/mol. The number of amides is 2. The fraction of sp³-hybridized carbons (Fsp3) is 0.333. The second kappa shape index (κ2) is 8.22. The van der Waals surface area contributed by atoms with Crippen molar-refractivity contribution in [3.63, 3.8) is 0 Å². The number of benzene rings is 2. The minimum Gasteiger partial charge on any atom is -0.378 e. The summed E-state index contributed by atoms with van der Waals surface area (Å²) >= 11 is 0. The zero-order chi connectivity index (χ0) is 19.4. The van der Waals surface area contributed by atoms with Gasteiger partial charge in [-0.05, 0) is 44.0 Å². The maximum absolute atomic E-state index is 12.5. The fourth-order valence-electron chi connectivity index (χ4n) is 3.39. The average molecular weight is 367 g/mol. The molecule has 3 rings (SSSR count). The summed E-state index contributed by atoms with van der Waals surface area (Å²) in [4.78, 5) is 27.1. The van der Waals surface area contributed by atoms with Crippen molar-refractivity contribution in [3.8, 4) is 0 Å². The molecule has 0 unspecified atom stereocenters. The van der Waals surface area contributed by atoms with Crippen molar-refractivity contribution < 1.29 is 14.3 Å². The first-order valence-corrected chi connectivity index (χ1v) is 9.07. The smallest absolute Gasteiger partial charge is 0.314 e. The van der Waals surface area contributed by atoms with Gasteiger partial charge in [0.05, 0.1) is 24.6 Å². The molecule has 6 heteroatoms. The molecule has 2 aromatic rings. The Balaban J connectivity index is 1.73. The largest absolute Gasteiger partial charge is 0.378 e. The molecule has 0 bridgehead atoms. The molecule has 27 heavy (non-hydrogen) atoms. The number of carbonyl (C=O) groups excluding carboxylic acids is 2. The molecule has 1 saturated heterocycles. The normalized spacial score (nSPS) is 14.0. The zero-order valence-corrected chi connectivity index (χ0v) is 16.0. The SMILES string of the molecule is Cc1cc(C)c(NC(=O)C(=O)Nc2ccccc2N2CCOCC2)c(C)c1. The highest BCUT2D eigenvalue weighted by Gasteiger charge is 2.20. The van der Waals surface area contributed by atoms with Gasteiger partial charge in [0, 0.05) is 18.8 Å². The number of ether oxygens (including phenoxy) is 1. The van der Waals surface area contributed by atoms with Crippen LogP contribution >= 0.6 is 0 Å². The van der Waals surface area contributed by atoms with Crippen LogP contribution in [-0.4, -0.2) is 38.1 Å². The Morgan fingerprint density at radius 2 is 1.52 bits per heavy atom. The Labute approximate surface area is 159 Å². The van der Waals surface area contributed by atoms with Crippen molar-refractivity contribution >= 4 is 28.9 Å². The lowest BCUT2D eigenvalue weighted by Crippen LogP contribution is -2.37. The molecular formula is C21H25N3O3. The summed E-state index contributed by atoms with van der Waals surface area (Å²) in [5.41, 5.74) is 5.18. The molecule has 2 aromatic carbocycles. The molecule has 1 aliphatic heterocycles. The molecule has 1 aliphatic rings. The third-order valence-corrected chi connectivity index (χ3v) is 4.63. The number of aryl methyl sites for hydroxylation is 3. The lowest BCUT2D eigenvalue weighted by atomic mass is 10.1. The van der Waals surface area contributed by atoms with Gasteiger partial charge in [-0.3, -0.25) is 9.59 Å². The Morgan fingerprint density at radius 3 is 2.19 bits per heavy atom. The van der Waals surface area contributed by atoms with Gasteiger partial charge in [-0.1, -0.05) is 29.8 Å². The van der Waals surface area contributed by atoms with Crippen LogP contribution in [0.3, 0.4) is 0 Å². The molecule has 2 N–H and O–H groups in total. The quantitative estimate of drug-likeness (QED) is 0.818. The highest BCUT2D eigenvalue weighted by molar-refractivity contribution is 6.44. The molecule has 0 aromatic heterocycles. The Hall–Kier alpha value is -2.86. The predicted molar refractivity (Wildman–Crippen MR) is 107 cm³/mol. The molecular weight excluding hydrogens is 342 g/mol. The van der Waals surface area contributed by atoms with Crippen molar-refractivity contribution in [1.29, 1.82) is 0 Å². The second-order valence-electron chi connectivity index (χ2n) is 6.80. The van der Waals surface area contributed by atoms with E-state index in [4.69, 9.17) is 4.74 Å². The molecule has 142 valence electrons. The summed E-state index contributed by atoms with van der Waals surface area (Å²) < 4.78 is 5.38. The van der Waals surface area contributed by atoms with Crippen LogP contribution in [0, 0.1) is 20.8 Å². The van der Waals surface area contributed by atoms with E-state index >= 15 is 0 Å². The van der Waals surface area contributed by atoms with Crippen LogP contribution in [0.25, 0.3) is 0 Å². The van der Waals surface area contributed by atoms with Crippen LogP contribution < -0.4 is 15.5 Å². The van der Waals surface area contributed by atoms with Crippen LogP contribution in [0.15, 0.2) is 36.4 Å². The van der Waals surface area contributed by atoms with Crippen LogP contribution in [0.2, 0.25) is 0 Å². The Morgan fingerprint density at radius 1 is 0.926 bits per heavy atom. The van der Waals surface area contributed by atoms with Gasteiger partial charge in [-0.25, -0.2) is 0 Å². The van der Waals surface area contributed by atoms with Gasteiger partial charge in [0.1, 0.15) is 0 Å². The molecule has 1 fully saturated rings. The summed E-state index contributed by atoms with van der Waals surface area (Å²) in [7, 11) is 0. The van der Waals surface area contributed by atoms with E-state index in [0.29, 0.717) is 24.6 Å². The lowest BCUT2D eigenvalue weighted by Gasteiger charge is -2.30. The zero-order valence-electron chi connectivity index (χ0n) is 16.0. The number of anilines is 3. The topological polar surface area (TPSA) is 70.7 Å². The molecule has 2 amide bonds. The van der Waals surface area contributed by atoms with E-state index in [1.165, 1.54) is 0 Å². The van der Waals surface area contributed by atoms with Crippen LogP contribution in [0.4, 0.5) is 17.1 Å². The fourth-order valence-corrected chi connectivity index (χ4v) is 3.39. The van der Waals surface area contributed by atoms with Crippen molar-refractivity contribution in [2.75, 3.05) is 41.8 Å². The molecule has 1 heterocycles. The number of morpholine rings is 1. The van der Waals surface area contributed by atoms with Gasteiger partial charge in [-0.2, -0.15) is 0 Å². The van der Waals surface area contributed by atoms with E-state index in [2.05, 4.69) is 15.5 Å². The van der Waals surface area contributed by atoms with Crippen molar-refractivity contribution in [1.82, 2.24) is 0 Å². The standard InChI is InChI=1S/C21H25N3O3/c1-14-12-15(2)19(16(3)13-14)23-21(26)20(25)22-17-6-4-5-7-18(17)24-8-10-27-11-9-24/h4-7,12-13H,8-11H2,1-3H3,(H,22,25)(H,23,26). The minimum atomic E-state index is -0.685. The molecule has 0 atom stereocenters. The van der Waals surface area contributed by atoms with Gasteiger partial charge < -0.3 is 20.3 Å². The van der Waals surface area contributed by atoms with E-state index in [0.717, 1.165) is 35.5 Å². The highest BCUT2D eigenvalue weighted by Crippen LogP contribution is 2.26. The summed E-state index contributed by atoms with van der Waals surface area (Å²) in [5, 5.41) is 5.48. The summed E-state index contributed by atoms with van der Waals surface area (Å²) in [6.45, 7) is 8.63. The van der Waals surface area contributed by atoms with Crippen LogP contribution in [0.1, 0.15) is 16.7 Å². The lowest BCUT2D eigenvalue weighted by molar-refractivity contribution is -0.133. The van der Waals surface area contributed by atoms with Gasteiger partial charge in [-0.15, -0.1) is 0 Å². The van der Waals surface area contributed by atoms with Gasteiger partial charge in [0.25, 0.3) is 0 Å². The van der Waals surface area contributed by atoms with Crippen molar-refractivity contribution in [2.24, 2.45) is 0 Å². The predicted octanol–water partition coefficient (Wildman–Crippen LogP) is 3.03. The molecule has 6 nitrogen and oxygen atoms in total. The van der Waals surface area contributed by atoms with E-state index < -0.39 is 11.8 Å². The Bertz CT molecular complexity index is 834. The van der Waals surface area contributed by atoms with E-state index in [1.54, 1.807) is 6.07 Å². The number of hydrogen-bond donors (Lipinski definition) is 2. The highest BCUT2D eigenvalue weighted by atomic mass is 16.5. The number of rotatable bonds is 3. The summed E-state index contributed by atoms with van der Waals surface area (Å²) in [6, 6.07) is 11.5. The number of hydrogen-bond acceptors (Lipinski definition) is 4. The van der Waals surface area contributed by atoms with E-state index in [1.807, 2.05) is 51.1 Å². The number of para-hydroxylation sites is 2. The van der Waals surface area contributed by atoms with Gasteiger partial charge in [0.2, 0.25) is 0 Å². The van der Waals surface area contributed by atoms with Crippen molar-refractivity contribution in [2.45, 2.75) is 20.8 Å². The first-order chi connectivity index (χ1) is 13.0. The molecule has 0 aliphatic carbocycles. The van der Waals surface area contributed by atoms with Gasteiger partial charge >= 0.3 is 11.8 Å². The summed E-state index contributed by atoms with van der Waals surface area (Å²) in [6.07, 6.45) is 0. The molecule has 0 saturated carbocycles. The maximum Gasteiger partial charge on any atom is 0.314 e. The van der Waals surface area contributed by atoms with Crippen LogP contribution in [-0.2, 0) is 14.3 Å². The number of nitrogens with one attached hydrogen (secondary N) is 2. The van der Waals surface area contributed by atoms with Crippen molar-refractivity contribution in [3.05, 3.63) is 53.1 Å². The first kappa shape index (κ1) is 18.9. The second-order valence-corrected chi connectivity index (χ2v) is 6.80. The first-order valence-electron chi connectivity index (χ1n) is 9.07. The Kier molecular flexibility index (Phi) is 5.76. The van der Waals surface area contributed by atoms with E-state index in [9.17, 15) is 9.59 Å². The summed E-state index contributed by atoms with van der Waals surface area (Å²) in [5.74, 6) is -1.36. The third kappa shape index (κ3) is 4.46. The molecule has 0 radical (unpaired) electrons.